The third-order valence-electron chi connectivity index (χ3n) is 3.69. The van der Waals surface area contributed by atoms with Crippen molar-refractivity contribution in [2.75, 3.05) is 18.4 Å². The zero-order valence-corrected chi connectivity index (χ0v) is 15.8. The number of hydrogen-bond donors (Lipinski definition) is 1. The molecule has 2 aromatic carbocycles. The van der Waals surface area contributed by atoms with Crippen molar-refractivity contribution in [3.63, 3.8) is 0 Å². The average Bonchev–Trinajstić information content (AvgIpc) is 2.58. The Morgan fingerprint density at radius 1 is 1.20 bits per heavy atom. The quantitative estimate of drug-likeness (QED) is 0.773. The molecule has 4 nitrogen and oxygen atoms in total. The molecular weight excluding hydrogens is 387 g/mol. The first-order valence-electron chi connectivity index (χ1n) is 8.02. The van der Waals surface area contributed by atoms with Gasteiger partial charge in [0.05, 0.1) is 5.56 Å². The summed E-state index contributed by atoms with van der Waals surface area (Å²) in [4.78, 5) is 26.3. The van der Waals surface area contributed by atoms with Crippen molar-refractivity contribution in [2.24, 2.45) is 0 Å². The van der Waals surface area contributed by atoms with Gasteiger partial charge in [0.1, 0.15) is 12.4 Å². The summed E-state index contributed by atoms with van der Waals surface area (Å²) in [6, 6.07) is 11.6. The van der Waals surface area contributed by atoms with Crippen molar-refractivity contribution in [3.05, 3.63) is 63.9 Å². The lowest BCUT2D eigenvalue weighted by atomic mass is 10.1. The first kappa shape index (κ1) is 19.1. The second-order valence-corrected chi connectivity index (χ2v) is 6.63. The molecular formula is C19H20BrFN2O2. The van der Waals surface area contributed by atoms with Gasteiger partial charge < -0.3 is 10.2 Å². The van der Waals surface area contributed by atoms with Crippen LogP contribution < -0.4 is 5.32 Å². The Bertz CT molecular complexity index is 780. The van der Waals surface area contributed by atoms with E-state index < -0.39 is 11.7 Å². The summed E-state index contributed by atoms with van der Waals surface area (Å²) < 4.78 is 14.6. The lowest BCUT2D eigenvalue weighted by Crippen LogP contribution is -2.39. The molecule has 6 heteroatoms. The summed E-state index contributed by atoms with van der Waals surface area (Å²) in [6.07, 6.45) is 0.666. The van der Waals surface area contributed by atoms with Crippen molar-refractivity contribution >= 4 is 33.4 Å². The number of nitrogens with zero attached hydrogens (tertiary/aromatic N) is 1. The minimum absolute atomic E-state index is 0.0495. The molecule has 25 heavy (non-hydrogen) atoms. The topological polar surface area (TPSA) is 49.4 Å². The van der Waals surface area contributed by atoms with Gasteiger partial charge in [-0.2, -0.15) is 0 Å². The highest BCUT2D eigenvalue weighted by molar-refractivity contribution is 9.10. The molecule has 0 radical (unpaired) electrons. The molecule has 2 aromatic rings. The molecule has 0 atom stereocenters. The summed E-state index contributed by atoms with van der Waals surface area (Å²) in [5.41, 5.74) is 1.58. The maximum Gasteiger partial charge on any atom is 0.257 e. The number of amides is 2. The van der Waals surface area contributed by atoms with Gasteiger partial charge in [0.15, 0.2) is 0 Å². The van der Waals surface area contributed by atoms with Crippen LogP contribution in [-0.4, -0.2) is 29.8 Å². The zero-order chi connectivity index (χ0) is 18.4. The van der Waals surface area contributed by atoms with Crippen LogP contribution in [0.5, 0.6) is 0 Å². The van der Waals surface area contributed by atoms with Gasteiger partial charge in [-0.25, -0.2) is 4.39 Å². The van der Waals surface area contributed by atoms with E-state index in [0.29, 0.717) is 23.1 Å². The van der Waals surface area contributed by atoms with Gasteiger partial charge in [0.25, 0.3) is 5.91 Å². The van der Waals surface area contributed by atoms with E-state index in [1.807, 2.05) is 32.0 Å². The number of rotatable bonds is 6. The number of para-hydroxylation sites is 1. The summed E-state index contributed by atoms with van der Waals surface area (Å²) in [5.74, 6) is -1.42. The van der Waals surface area contributed by atoms with Crippen molar-refractivity contribution in [3.8, 4) is 0 Å². The zero-order valence-electron chi connectivity index (χ0n) is 14.2. The Morgan fingerprint density at radius 3 is 2.60 bits per heavy atom. The summed E-state index contributed by atoms with van der Waals surface area (Å²) in [7, 11) is 0. The van der Waals surface area contributed by atoms with Gasteiger partial charge >= 0.3 is 0 Å². The molecule has 132 valence electrons. The number of halogens is 2. The molecule has 0 aliphatic heterocycles. The lowest BCUT2D eigenvalue weighted by Gasteiger charge is -2.22. The van der Waals surface area contributed by atoms with Crippen LogP contribution in [0.25, 0.3) is 0 Å². The van der Waals surface area contributed by atoms with Gasteiger partial charge in [-0.05, 0) is 43.2 Å². The minimum Gasteiger partial charge on any atom is -0.329 e. The van der Waals surface area contributed by atoms with E-state index in [0.717, 1.165) is 5.56 Å². The highest BCUT2D eigenvalue weighted by atomic mass is 79.9. The highest BCUT2D eigenvalue weighted by Gasteiger charge is 2.21. The molecule has 0 bridgehead atoms. The number of carbonyl (C=O) groups excluding carboxylic acids is 2. The van der Waals surface area contributed by atoms with E-state index >= 15 is 0 Å². The molecule has 0 fully saturated rings. The van der Waals surface area contributed by atoms with E-state index in [-0.39, 0.29) is 18.0 Å². The van der Waals surface area contributed by atoms with Crippen LogP contribution in [0.15, 0.2) is 46.9 Å². The number of carbonyl (C=O) groups is 2. The van der Waals surface area contributed by atoms with Crippen LogP contribution in [0.2, 0.25) is 0 Å². The third kappa shape index (κ3) is 5.13. The highest BCUT2D eigenvalue weighted by Crippen LogP contribution is 2.18. The standard InChI is InChI=1S/C19H20BrFN2O2/c1-3-10-23(19(25)15-11-14(20)8-9-16(15)21)12-18(24)22-17-7-5-4-6-13(17)2/h4-9,11H,3,10,12H2,1-2H3,(H,22,24). The van der Waals surface area contributed by atoms with Gasteiger partial charge in [0.2, 0.25) is 5.91 Å². The first-order chi connectivity index (χ1) is 11.9. The number of benzene rings is 2. The Balaban J connectivity index is 2.14. The Kier molecular flexibility index (Phi) is 6.70. The lowest BCUT2D eigenvalue weighted by molar-refractivity contribution is -0.116. The normalized spacial score (nSPS) is 10.4. The van der Waals surface area contributed by atoms with Gasteiger partial charge in [0, 0.05) is 16.7 Å². The number of hydrogen-bond acceptors (Lipinski definition) is 2. The fourth-order valence-corrected chi connectivity index (χ4v) is 2.79. The fraction of sp³-hybridized carbons (Fsp3) is 0.263. The van der Waals surface area contributed by atoms with Crippen LogP contribution >= 0.6 is 15.9 Å². The SMILES string of the molecule is CCCN(CC(=O)Nc1ccccc1C)C(=O)c1cc(Br)ccc1F. The number of anilines is 1. The molecule has 2 amide bonds. The van der Waals surface area contributed by atoms with Crippen LogP contribution in [0.3, 0.4) is 0 Å². The van der Waals surface area contributed by atoms with Gasteiger partial charge in [-0.1, -0.05) is 41.1 Å². The second kappa shape index (κ2) is 8.76. The third-order valence-corrected chi connectivity index (χ3v) is 4.19. The number of aryl methyl sites for hydroxylation is 1. The monoisotopic (exact) mass is 406 g/mol. The molecule has 1 N–H and O–H groups in total. The van der Waals surface area contributed by atoms with Crippen LogP contribution in [0, 0.1) is 12.7 Å². The maximum absolute atomic E-state index is 14.0. The molecule has 0 unspecified atom stereocenters. The first-order valence-corrected chi connectivity index (χ1v) is 8.81. The van der Waals surface area contributed by atoms with Gasteiger partial charge in [-0.3, -0.25) is 9.59 Å². The van der Waals surface area contributed by atoms with Crippen LogP contribution in [-0.2, 0) is 4.79 Å². The molecule has 0 saturated carbocycles. The Hall–Kier alpha value is -2.21. The van der Waals surface area contributed by atoms with Crippen molar-refractivity contribution in [2.45, 2.75) is 20.3 Å². The predicted molar refractivity (Wildman–Crippen MR) is 100 cm³/mol. The smallest absolute Gasteiger partial charge is 0.257 e. The van der Waals surface area contributed by atoms with E-state index in [2.05, 4.69) is 21.2 Å². The van der Waals surface area contributed by atoms with E-state index in [1.165, 1.54) is 23.1 Å². The molecule has 0 aliphatic carbocycles. The maximum atomic E-state index is 14.0. The fourth-order valence-electron chi connectivity index (χ4n) is 2.43. The van der Waals surface area contributed by atoms with E-state index in [9.17, 15) is 14.0 Å². The molecule has 0 saturated heterocycles. The summed E-state index contributed by atoms with van der Waals surface area (Å²) >= 11 is 3.24. The molecule has 0 aromatic heterocycles. The molecule has 0 spiro atoms. The molecule has 0 aliphatic rings. The number of nitrogens with one attached hydrogen (secondary N) is 1. The Morgan fingerprint density at radius 2 is 1.92 bits per heavy atom. The second-order valence-electron chi connectivity index (χ2n) is 5.71. The summed E-state index contributed by atoms with van der Waals surface area (Å²) in [6.45, 7) is 4.02. The van der Waals surface area contributed by atoms with E-state index in [1.54, 1.807) is 6.07 Å². The van der Waals surface area contributed by atoms with Gasteiger partial charge in [-0.15, -0.1) is 0 Å². The molecule has 0 heterocycles. The van der Waals surface area contributed by atoms with Crippen LogP contribution in [0.4, 0.5) is 10.1 Å². The summed E-state index contributed by atoms with van der Waals surface area (Å²) in [5, 5.41) is 2.80. The van der Waals surface area contributed by atoms with Crippen LogP contribution in [0.1, 0.15) is 29.3 Å². The predicted octanol–water partition coefficient (Wildman–Crippen LogP) is 4.39. The largest absolute Gasteiger partial charge is 0.329 e. The minimum atomic E-state index is -0.603. The van der Waals surface area contributed by atoms with E-state index in [4.69, 9.17) is 0 Å². The van der Waals surface area contributed by atoms with Crippen molar-refractivity contribution in [1.82, 2.24) is 4.90 Å². The van der Waals surface area contributed by atoms with Crippen molar-refractivity contribution < 1.29 is 14.0 Å². The molecule has 2 rings (SSSR count). The Labute approximate surface area is 155 Å². The van der Waals surface area contributed by atoms with Crippen molar-refractivity contribution in [1.29, 1.82) is 0 Å². The average molecular weight is 407 g/mol.